The molecule has 1 aromatic carbocycles. The summed E-state index contributed by atoms with van der Waals surface area (Å²) in [5.41, 5.74) is 1.14. The molecule has 0 atom stereocenters. The molecule has 70 valence electrons. The van der Waals surface area contributed by atoms with Crippen LogP contribution in [0.25, 0.3) is 0 Å². The lowest BCUT2D eigenvalue weighted by molar-refractivity contribution is 0.115. The zero-order valence-corrected chi connectivity index (χ0v) is 8.13. The largest absolute Gasteiger partial charge is 0.486 e. The molecule has 2 heteroatoms. The van der Waals surface area contributed by atoms with Gasteiger partial charge >= 0.3 is 0 Å². The van der Waals surface area contributed by atoms with Gasteiger partial charge in [-0.3, -0.25) is 0 Å². The van der Waals surface area contributed by atoms with E-state index in [1.54, 1.807) is 0 Å². The number of para-hydroxylation sites is 1. The number of hydrogen-bond donors (Lipinski definition) is 1. The van der Waals surface area contributed by atoms with Gasteiger partial charge in [-0.2, -0.15) is 0 Å². The Bertz CT molecular complexity index is 307. The van der Waals surface area contributed by atoms with Crippen LogP contribution in [0, 0.1) is 0 Å². The summed E-state index contributed by atoms with van der Waals surface area (Å²) < 4.78 is 5.88. The summed E-state index contributed by atoms with van der Waals surface area (Å²) >= 11 is 0. The number of ether oxygens (including phenoxy) is 1. The molecule has 1 aliphatic rings. The number of nitrogens with one attached hydrogen (secondary N) is 1. The van der Waals surface area contributed by atoms with Crippen molar-refractivity contribution in [1.29, 1.82) is 0 Å². The van der Waals surface area contributed by atoms with E-state index in [2.05, 4.69) is 25.2 Å². The summed E-state index contributed by atoms with van der Waals surface area (Å²) in [7, 11) is 0. The van der Waals surface area contributed by atoms with Crippen molar-refractivity contribution >= 4 is 0 Å². The van der Waals surface area contributed by atoms with Gasteiger partial charge in [0.15, 0.2) is 0 Å². The molecule has 0 saturated heterocycles. The first kappa shape index (κ1) is 8.57. The van der Waals surface area contributed by atoms with Gasteiger partial charge < -0.3 is 10.1 Å². The summed E-state index contributed by atoms with van der Waals surface area (Å²) in [4.78, 5) is 0. The average Bonchev–Trinajstić information content (AvgIpc) is 2.21. The Morgan fingerprint density at radius 1 is 1.31 bits per heavy atom. The van der Waals surface area contributed by atoms with Crippen LogP contribution >= 0.6 is 0 Å². The zero-order valence-electron chi connectivity index (χ0n) is 8.13. The van der Waals surface area contributed by atoms with E-state index in [1.165, 1.54) is 5.56 Å². The summed E-state index contributed by atoms with van der Waals surface area (Å²) in [5, 5.41) is 3.37. The zero-order chi connectivity index (χ0) is 9.31. The van der Waals surface area contributed by atoms with Gasteiger partial charge in [0.25, 0.3) is 0 Å². The molecule has 0 radical (unpaired) electrons. The molecule has 0 spiro atoms. The minimum atomic E-state index is -0.105. The third-order valence-corrected chi connectivity index (χ3v) is 2.23. The molecule has 1 heterocycles. The van der Waals surface area contributed by atoms with Crippen molar-refractivity contribution in [2.75, 3.05) is 6.54 Å². The van der Waals surface area contributed by atoms with E-state index in [0.29, 0.717) is 0 Å². The van der Waals surface area contributed by atoms with Crippen LogP contribution in [0.1, 0.15) is 19.4 Å². The van der Waals surface area contributed by atoms with Crippen LogP contribution in [-0.4, -0.2) is 12.1 Å². The van der Waals surface area contributed by atoms with Gasteiger partial charge in [-0.05, 0) is 19.9 Å². The normalized spacial score (nSPS) is 19.8. The van der Waals surface area contributed by atoms with Crippen molar-refractivity contribution in [2.24, 2.45) is 0 Å². The molecule has 1 N–H and O–H groups in total. The second kappa shape index (κ2) is 3.04. The topological polar surface area (TPSA) is 21.3 Å². The van der Waals surface area contributed by atoms with Gasteiger partial charge in [0.2, 0.25) is 0 Å². The highest BCUT2D eigenvalue weighted by atomic mass is 16.5. The predicted molar refractivity (Wildman–Crippen MR) is 52.9 cm³/mol. The molecular weight excluding hydrogens is 162 g/mol. The number of benzene rings is 1. The minimum Gasteiger partial charge on any atom is -0.486 e. The molecule has 1 aromatic rings. The van der Waals surface area contributed by atoms with E-state index < -0.39 is 0 Å². The highest BCUT2D eigenvalue weighted by Gasteiger charge is 2.23. The third kappa shape index (κ3) is 1.83. The summed E-state index contributed by atoms with van der Waals surface area (Å²) in [6, 6.07) is 8.19. The lowest BCUT2D eigenvalue weighted by atomic mass is 10.1. The summed E-state index contributed by atoms with van der Waals surface area (Å²) in [6.45, 7) is 5.99. The first-order valence-corrected chi connectivity index (χ1v) is 4.65. The van der Waals surface area contributed by atoms with Crippen molar-refractivity contribution in [1.82, 2.24) is 5.32 Å². The first-order valence-electron chi connectivity index (χ1n) is 4.65. The molecular formula is C11H15NO. The molecule has 0 fully saturated rings. The second-order valence-electron chi connectivity index (χ2n) is 4.07. The highest BCUT2D eigenvalue weighted by molar-refractivity contribution is 5.34. The number of hydrogen-bond acceptors (Lipinski definition) is 2. The van der Waals surface area contributed by atoms with E-state index in [9.17, 15) is 0 Å². The van der Waals surface area contributed by atoms with Crippen molar-refractivity contribution in [3.8, 4) is 5.75 Å². The Hall–Kier alpha value is -1.02. The molecule has 0 aliphatic carbocycles. The van der Waals surface area contributed by atoms with Crippen LogP contribution in [0.5, 0.6) is 5.75 Å². The lowest BCUT2D eigenvalue weighted by Gasteiger charge is -2.24. The fraction of sp³-hybridized carbons (Fsp3) is 0.455. The van der Waals surface area contributed by atoms with Crippen molar-refractivity contribution in [3.63, 3.8) is 0 Å². The van der Waals surface area contributed by atoms with Gasteiger partial charge in [0, 0.05) is 18.7 Å². The molecule has 1 aliphatic heterocycles. The first-order chi connectivity index (χ1) is 6.17. The molecule has 0 bridgehead atoms. The van der Waals surface area contributed by atoms with Crippen molar-refractivity contribution in [2.45, 2.75) is 26.0 Å². The monoisotopic (exact) mass is 177 g/mol. The molecule has 2 rings (SSSR count). The molecule has 2 nitrogen and oxygen atoms in total. The van der Waals surface area contributed by atoms with E-state index in [-0.39, 0.29) is 5.60 Å². The maximum atomic E-state index is 5.88. The van der Waals surface area contributed by atoms with Crippen LogP contribution in [0.2, 0.25) is 0 Å². The van der Waals surface area contributed by atoms with E-state index in [4.69, 9.17) is 4.74 Å². The van der Waals surface area contributed by atoms with E-state index in [0.717, 1.165) is 18.8 Å². The van der Waals surface area contributed by atoms with Crippen LogP contribution in [0.15, 0.2) is 24.3 Å². The van der Waals surface area contributed by atoms with E-state index >= 15 is 0 Å². The smallest absolute Gasteiger partial charge is 0.124 e. The van der Waals surface area contributed by atoms with Crippen LogP contribution in [-0.2, 0) is 6.54 Å². The van der Waals surface area contributed by atoms with Crippen molar-refractivity contribution < 1.29 is 4.74 Å². The molecule has 0 aromatic heterocycles. The third-order valence-electron chi connectivity index (χ3n) is 2.23. The average molecular weight is 177 g/mol. The summed E-state index contributed by atoms with van der Waals surface area (Å²) in [6.07, 6.45) is 0. The second-order valence-corrected chi connectivity index (χ2v) is 4.07. The maximum Gasteiger partial charge on any atom is 0.124 e. The van der Waals surface area contributed by atoms with Gasteiger partial charge in [-0.15, -0.1) is 0 Å². The van der Waals surface area contributed by atoms with Gasteiger partial charge in [0.1, 0.15) is 11.4 Å². The Balaban J connectivity index is 2.34. The van der Waals surface area contributed by atoms with Crippen LogP contribution < -0.4 is 10.1 Å². The predicted octanol–water partition coefficient (Wildman–Crippen LogP) is 1.95. The molecule has 13 heavy (non-hydrogen) atoms. The van der Waals surface area contributed by atoms with Gasteiger partial charge in [-0.1, -0.05) is 18.2 Å². The Morgan fingerprint density at radius 2 is 2.08 bits per heavy atom. The van der Waals surface area contributed by atoms with Gasteiger partial charge in [-0.25, -0.2) is 0 Å². The number of fused-ring (bicyclic) bond motifs is 1. The summed E-state index contributed by atoms with van der Waals surface area (Å²) in [5.74, 6) is 1.01. The van der Waals surface area contributed by atoms with Crippen molar-refractivity contribution in [3.05, 3.63) is 29.8 Å². The maximum absolute atomic E-state index is 5.88. The lowest BCUT2D eigenvalue weighted by Crippen LogP contribution is -2.37. The standard InChI is InChI=1S/C11H15NO/c1-11(2)8-12-7-9-5-3-4-6-10(9)13-11/h3-6,12H,7-8H2,1-2H3. The minimum absolute atomic E-state index is 0.105. The molecule has 0 unspecified atom stereocenters. The fourth-order valence-electron chi connectivity index (χ4n) is 1.58. The molecule has 0 amide bonds. The quantitative estimate of drug-likeness (QED) is 0.654. The van der Waals surface area contributed by atoms with E-state index in [1.807, 2.05) is 18.2 Å². The molecule has 0 saturated carbocycles. The Morgan fingerprint density at radius 3 is 2.92 bits per heavy atom. The van der Waals surface area contributed by atoms with Crippen LogP contribution in [0.4, 0.5) is 0 Å². The van der Waals surface area contributed by atoms with Gasteiger partial charge in [0.05, 0.1) is 0 Å². The Labute approximate surface area is 78.9 Å². The Kier molecular flexibility index (Phi) is 2.00. The number of rotatable bonds is 0. The van der Waals surface area contributed by atoms with Crippen LogP contribution in [0.3, 0.4) is 0 Å². The SMILES string of the molecule is CC1(C)CNCc2ccccc2O1. The highest BCUT2D eigenvalue weighted by Crippen LogP contribution is 2.25. The fourth-order valence-corrected chi connectivity index (χ4v) is 1.58.